The lowest BCUT2D eigenvalue weighted by Crippen LogP contribution is -2.30. The molecule has 0 aromatic heterocycles. The van der Waals surface area contributed by atoms with Gasteiger partial charge in [0.1, 0.15) is 0 Å². The molecule has 0 bridgehead atoms. The maximum absolute atomic E-state index is 10.8. The Morgan fingerprint density at radius 3 is 2.63 bits per heavy atom. The van der Waals surface area contributed by atoms with E-state index in [-0.39, 0.29) is 12.5 Å². The number of benzene rings is 2. The van der Waals surface area contributed by atoms with Gasteiger partial charge in [0.2, 0.25) is 0 Å². The van der Waals surface area contributed by atoms with Crippen molar-refractivity contribution in [1.82, 2.24) is 4.90 Å². The van der Waals surface area contributed by atoms with E-state index in [2.05, 4.69) is 29.2 Å². The van der Waals surface area contributed by atoms with Crippen molar-refractivity contribution in [1.29, 1.82) is 0 Å². The Bertz CT molecular complexity index is 574. The molecule has 1 atom stereocenters. The fourth-order valence-electron chi connectivity index (χ4n) is 2.26. The molecule has 0 saturated carbocycles. The third-order valence-electron chi connectivity index (χ3n) is 3.52. The molecule has 0 aliphatic heterocycles. The summed E-state index contributed by atoms with van der Waals surface area (Å²) in [6, 6.07) is 14.5. The highest BCUT2D eigenvalue weighted by atomic mass is 16.4. The Morgan fingerprint density at radius 1 is 1.21 bits per heavy atom. The van der Waals surface area contributed by atoms with E-state index in [0.29, 0.717) is 0 Å². The minimum atomic E-state index is -0.753. The second-order valence-electron chi connectivity index (χ2n) is 5.00. The summed E-state index contributed by atoms with van der Waals surface area (Å²) in [5, 5.41) is 11.3. The van der Waals surface area contributed by atoms with Crippen molar-refractivity contribution >= 4 is 16.7 Å². The first-order chi connectivity index (χ1) is 9.08. The first kappa shape index (κ1) is 13.6. The van der Waals surface area contributed by atoms with Gasteiger partial charge in [0.25, 0.3) is 0 Å². The maximum Gasteiger partial charge on any atom is 0.304 e. The van der Waals surface area contributed by atoms with E-state index in [0.717, 1.165) is 6.54 Å². The van der Waals surface area contributed by atoms with E-state index in [9.17, 15) is 4.79 Å². The molecule has 3 nitrogen and oxygen atoms in total. The van der Waals surface area contributed by atoms with Gasteiger partial charge in [0.05, 0.1) is 6.42 Å². The van der Waals surface area contributed by atoms with Gasteiger partial charge in [-0.05, 0) is 30.3 Å². The molecule has 0 saturated heterocycles. The molecule has 19 heavy (non-hydrogen) atoms. The van der Waals surface area contributed by atoms with Crippen LogP contribution in [0.1, 0.15) is 18.9 Å². The van der Waals surface area contributed by atoms with Crippen LogP contribution in [0.5, 0.6) is 0 Å². The lowest BCUT2D eigenvalue weighted by molar-refractivity contribution is -0.138. The quantitative estimate of drug-likeness (QED) is 0.894. The summed E-state index contributed by atoms with van der Waals surface area (Å²) >= 11 is 0. The Labute approximate surface area is 113 Å². The first-order valence-electron chi connectivity index (χ1n) is 6.46. The van der Waals surface area contributed by atoms with Crippen LogP contribution in [0.15, 0.2) is 42.5 Å². The third-order valence-corrected chi connectivity index (χ3v) is 3.52. The predicted molar refractivity (Wildman–Crippen MR) is 77.1 cm³/mol. The number of rotatable bonds is 5. The molecule has 2 aromatic rings. The van der Waals surface area contributed by atoms with Gasteiger partial charge >= 0.3 is 5.97 Å². The van der Waals surface area contributed by atoms with Crippen LogP contribution in [-0.2, 0) is 11.3 Å². The molecule has 0 spiro atoms. The number of fused-ring (bicyclic) bond motifs is 1. The van der Waals surface area contributed by atoms with Crippen LogP contribution >= 0.6 is 0 Å². The molecule has 0 fully saturated rings. The number of hydrogen-bond acceptors (Lipinski definition) is 2. The molecule has 0 radical (unpaired) electrons. The second kappa shape index (κ2) is 5.85. The normalized spacial score (nSPS) is 12.8. The van der Waals surface area contributed by atoms with Crippen molar-refractivity contribution in [3.63, 3.8) is 0 Å². The van der Waals surface area contributed by atoms with Crippen LogP contribution in [-0.4, -0.2) is 29.1 Å². The average molecular weight is 257 g/mol. The molecule has 2 aromatic carbocycles. The summed E-state index contributed by atoms with van der Waals surface area (Å²) < 4.78 is 0. The number of carboxylic acid groups (broad SMARTS) is 1. The molecular formula is C16H19NO2. The van der Waals surface area contributed by atoms with Gasteiger partial charge in [0, 0.05) is 12.6 Å². The van der Waals surface area contributed by atoms with Crippen molar-refractivity contribution in [2.45, 2.75) is 25.9 Å². The summed E-state index contributed by atoms with van der Waals surface area (Å²) in [6.07, 6.45) is 0.168. The Hall–Kier alpha value is -1.87. The van der Waals surface area contributed by atoms with Crippen LogP contribution in [0, 0.1) is 0 Å². The van der Waals surface area contributed by atoms with E-state index < -0.39 is 5.97 Å². The van der Waals surface area contributed by atoms with Crippen LogP contribution in [0.25, 0.3) is 10.8 Å². The van der Waals surface area contributed by atoms with Crippen molar-refractivity contribution in [3.05, 3.63) is 48.0 Å². The van der Waals surface area contributed by atoms with Gasteiger partial charge in [-0.25, -0.2) is 0 Å². The molecule has 0 amide bonds. The third kappa shape index (κ3) is 3.32. The summed E-state index contributed by atoms with van der Waals surface area (Å²) in [5.41, 5.74) is 1.23. The topological polar surface area (TPSA) is 40.5 Å². The fraction of sp³-hybridized carbons (Fsp3) is 0.312. The van der Waals surface area contributed by atoms with E-state index in [4.69, 9.17) is 5.11 Å². The predicted octanol–water partition coefficient (Wildman–Crippen LogP) is 3.13. The minimum Gasteiger partial charge on any atom is -0.481 e. The minimum absolute atomic E-state index is 0.0245. The summed E-state index contributed by atoms with van der Waals surface area (Å²) in [6.45, 7) is 2.70. The monoisotopic (exact) mass is 257 g/mol. The van der Waals surface area contributed by atoms with Crippen molar-refractivity contribution in [2.24, 2.45) is 0 Å². The molecule has 100 valence electrons. The van der Waals surface area contributed by atoms with Gasteiger partial charge < -0.3 is 5.11 Å². The van der Waals surface area contributed by atoms with E-state index >= 15 is 0 Å². The Balaban J connectivity index is 2.19. The van der Waals surface area contributed by atoms with Gasteiger partial charge in [-0.3, -0.25) is 9.69 Å². The smallest absolute Gasteiger partial charge is 0.304 e. The van der Waals surface area contributed by atoms with E-state index in [1.807, 2.05) is 32.2 Å². The Kier molecular flexibility index (Phi) is 4.17. The van der Waals surface area contributed by atoms with Gasteiger partial charge in [-0.2, -0.15) is 0 Å². The molecule has 1 unspecified atom stereocenters. The number of aliphatic carboxylic acids is 1. The summed E-state index contributed by atoms with van der Waals surface area (Å²) in [4.78, 5) is 12.8. The molecular weight excluding hydrogens is 238 g/mol. The zero-order valence-corrected chi connectivity index (χ0v) is 11.3. The van der Waals surface area contributed by atoms with Gasteiger partial charge in [-0.1, -0.05) is 42.5 Å². The van der Waals surface area contributed by atoms with Crippen LogP contribution in [0.4, 0.5) is 0 Å². The first-order valence-corrected chi connectivity index (χ1v) is 6.46. The maximum atomic E-state index is 10.8. The number of hydrogen-bond donors (Lipinski definition) is 1. The standard InChI is InChI=1S/C16H19NO2/c1-12(10-16(18)19)17(2)11-14-8-5-7-13-6-3-4-9-15(13)14/h3-9,12H,10-11H2,1-2H3,(H,18,19). The number of carboxylic acids is 1. The van der Waals surface area contributed by atoms with E-state index in [1.54, 1.807) is 0 Å². The SMILES string of the molecule is CC(CC(=O)O)N(C)Cc1cccc2ccccc12. The second-order valence-corrected chi connectivity index (χ2v) is 5.00. The largest absolute Gasteiger partial charge is 0.481 e. The van der Waals surface area contributed by atoms with Crippen LogP contribution < -0.4 is 0 Å². The highest BCUT2D eigenvalue weighted by Crippen LogP contribution is 2.20. The van der Waals surface area contributed by atoms with Crippen molar-refractivity contribution in [3.8, 4) is 0 Å². The summed E-state index contributed by atoms with van der Waals surface area (Å²) in [7, 11) is 1.97. The Morgan fingerprint density at radius 2 is 1.89 bits per heavy atom. The van der Waals surface area contributed by atoms with Crippen molar-refractivity contribution < 1.29 is 9.90 Å². The van der Waals surface area contributed by atoms with Crippen molar-refractivity contribution in [2.75, 3.05) is 7.05 Å². The zero-order chi connectivity index (χ0) is 13.8. The zero-order valence-electron chi connectivity index (χ0n) is 11.3. The number of carbonyl (C=O) groups is 1. The highest BCUT2D eigenvalue weighted by molar-refractivity contribution is 5.85. The van der Waals surface area contributed by atoms with E-state index in [1.165, 1.54) is 16.3 Å². The molecule has 3 heteroatoms. The lowest BCUT2D eigenvalue weighted by Gasteiger charge is -2.24. The molecule has 2 rings (SSSR count). The van der Waals surface area contributed by atoms with Gasteiger partial charge in [0.15, 0.2) is 0 Å². The van der Waals surface area contributed by atoms with Crippen LogP contribution in [0.2, 0.25) is 0 Å². The average Bonchev–Trinajstić information content (AvgIpc) is 2.38. The molecule has 0 heterocycles. The molecule has 1 N–H and O–H groups in total. The fourth-order valence-corrected chi connectivity index (χ4v) is 2.26. The molecule has 0 aliphatic carbocycles. The van der Waals surface area contributed by atoms with Gasteiger partial charge in [-0.15, -0.1) is 0 Å². The van der Waals surface area contributed by atoms with Crippen LogP contribution in [0.3, 0.4) is 0 Å². The lowest BCUT2D eigenvalue weighted by atomic mass is 10.0. The molecule has 0 aliphatic rings. The highest BCUT2D eigenvalue weighted by Gasteiger charge is 2.14. The number of nitrogens with zero attached hydrogens (tertiary/aromatic N) is 1. The summed E-state index contributed by atoms with van der Waals surface area (Å²) in [5.74, 6) is -0.753.